The number of para-hydroxylation sites is 1. The van der Waals surface area contributed by atoms with Gasteiger partial charge in [0, 0.05) is 21.4 Å². The molecule has 1 aromatic heterocycles. The van der Waals surface area contributed by atoms with Crippen LogP contribution in [0.5, 0.6) is 0 Å². The molecule has 4 rings (SSSR count). The van der Waals surface area contributed by atoms with Gasteiger partial charge in [-0.1, -0.05) is 66.7 Å². The summed E-state index contributed by atoms with van der Waals surface area (Å²) in [5, 5.41) is 0.114. The van der Waals surface area contributed by atoms with Gasteiger partial charge in [0.05, 0.1) is 5.25 Å². The van der Waals surface area contributed by atoms with E-state index in [2.05, 4.69) is 4.98 Å². The third-order valence-corrected chi connectivity index (χ3v) is 5.68. The maximum atomic E-state index is 13.9. The number of hydrogen-bond acceptors (Lipinski definition) is 1. The van der Waals surface area contributed by atoms with Crippen molar-refractivity contribution in [2.24, 2.45) is 0 Å². The molecule has 3 aromatic carbocycles. The summed E-state index contributed by atoms with van der Waals surface area (Å²) in [4.78, 5) is 3.52. The summed E-state index contributed by atoms with van der Waals surface area (Å²) < 4.78 is 41.6. The second-order valence-electron chi connectivity index (χ2n) is 6.18. The van der Waals surface area contributed by atoms with E-state index in [1.165, 1.54) is 11.8 Å². The van der Waals surface area contributed by atoms with Gasteiger partial charge < -0.3 is 4.98 Å². The van der Waals surface area contributed by atoms with Gasteiger partial charge in [-0.05, 0) is 23.8 Å². The van der Waals surface area contributed by atoms with Crippen LogP contribution >= 0.6 is 11.8 Å². The topological polar surface area (TPSA) is 15.8 Å². The van der Waals surface area contributed by atoms with E-state index in [9.17, 15) is 13.2 Å². The summed E-state index contributed by atoms with van der Waals surface area (Å²) in [5.74, 6) is 0. The first-order chi connectivity index (χ1) is 13.0. The molecule has 0 amide bonds. The highest BCUT2D eigenvalue weighted by molar-refractivity contribution is 7.99. The minimum absolute atomic E-state index is 0.276. The Bertz CT molecular complexity index is 1040. The van der Waals surface area contributed by atoms with Crippen LogP contribution in [0, 0.1) is 0 Å². The van der Waals surface area contributed by atoms with Crippen LogP contribution in [0.1, 0.15) is 22.1 Å². The zero-order valence-corrected chi connectivity index (χ0v) is 15.0. The fourth-order valence-corrected chi connectivity index (χ4v) is 4.46. The molecule has 0 fully saturated rings. The first-order valence-electron chi connectivity index (χ1n) is 8.48. The number of aromatic amines is 1. The van der Waals surface area contributed by atoms with Gasteiger partial charge in [-0.25, -0.2) is 0 Å². The van der Waals surface area contributed by atoms with Crippen molar-refractivity contribution in [2.75, 3.05) is 0 Å². The van der Waals surface area contributed by atoms with Crippen LogP contribution in [0.2, 0.25) is 0 Å². The lowest BCUT2D eigenvalue weighted by Gasteiger charge is -2.20. The molecule has 0 aliphatic heterocycles. The third kappa shape index (κ3) is 3.60. The maximum Gasteiger partial charge on any atom is 0.431 e. The molecule has 0 saturated carbocycles. The van der Waals surface area contributed by atoms with Crippen molar-refractivity contribution >= 4 is 22.7 Å². The van der Waals surface area contributed by atoms with Crippen molar-refractivity contribution in [2.45, 2.75) is 16.3 Å². The summed E-state index contributed by atoms with van der Waals surface area (Å²) in [6, 6.07) is 25.8. The van der Waals surface area contributed by atoms with Gasteiger partial charge in [0.1, 0.15) is 5.69 Å². The molecule has 0 bridgehead atoms. The Balaban J connectivity index is 1.95. The number of rotatable bonds is 4. The second kappa shape index (κ2) is 7.16. The van der Waals surface area contributed by atoms with Gasteiger partial charge in [-0.15, -0.1) is 11.8 Å². The normalized spacial score (nSPS) is 13.0. The Morgan fingerprint density at radius 3 is 2.00 bits per heavy atom. The van der Waals surface area contributed by atoms with Crippen molar-refractivity contribution in [1.82, 2.24) is 4.98 Å². The molecular weight excluding hydrogens is 367 g/mol. The van der Waals surface area contributed by atoms with E-state index in [0.29, 0.717) is 10.9 Å². The Hall–Kier alpha value is -2.66. The van der Waals surface area contributed by atoms with Crippen molar-refractivity contribution in [3.8, 4) is 0 Å². The Morgan fingerprint density at radius 1 is 0.741 bits per heavy atom. The molecule has 27 heavy (non-hydrogen) atoms. The summed E-state index contributed by atoms with van der Waals surface area (Å²) in [5.41, 5.74) is 0.926. The second-order valence-corrected chi connectivity index (χ2v) is 7.36. The average molecular weight is 383 g/mol. The number of thioether (sulfide) groups is 1. The summed E-state index contributed by atoms with van der Waals surface area (Å²) >= 11 is 1.42. The molecule has 0 aliphatic carbocycles. The monoisotopic (exact) mass is 383 g/mol. The maximum absolute atomic E-state index is 13.9. The van der Waals surface area contributed by atoms with Gasteiger partial charge in [0.2, 0.25) is 0 Å². The molecule has 1 atom stereocenters. The van der Waals surface area contributed by atoms with Crippen LogP contribution in [0.4, 0.5) is 13.2 Å². The zero-order chi connectivity index (χ0) is 18.9. The van der Waals surface area contributed by atoms with Crippen LogP contribution < -0.4 is 0 Å². The summed E-state index contributed by atoms with van der Waals surface area (Å²) in [6.07, 6.45) is -4.46. The van der Waals surface area contributed by atoms with Crippen LogP contribution in [-0.2, 0) is 6.18 Å². The minimum Gasteiger partial charge on any atom is -0.351 e. The van der Waals surface area contributed by atoms with Crippen LogP contribution in [0.15, 0.2) is 89.8 Å². The van der Waals surface area contributed by atoms with Gasteiger partial charge >= 0.3 is 6.18 Å². The van der Waals surface area contributed by atoms with Crippen LogP contribution in [0.25, 0.3) is 10.9 Å². The fraction of sp³-hybridized carbons (Fsp3) is 0.0909. The first kappa shape index (κ1) is 17.7. The summed E-state index contributed by atoms with van der Waals surface area (Å²) in [6.45, 7) is 0. The lowest BCUT2D eigenvalue weighted by atomic mass is 10.0. The van der Waals surface area contributed by atoms with Crippen molar-refractivity contribution < 1.29 is 13.2 Å². The molecule has 0 aliphatic rings. The number of hydrogen-bond donors (Lipinski definition) is 1. The number of benzene rings is 3. The molecule has 0 spiro atoms. The average Bonchev–Trinajstić information content (AvgIpc) is 3.07. The largest absolute Gasteiger partial charge is 0.431 e. The predicted octanol–water partition coefficient (Wildman–Crippen LogP) is 7.07. The number of alkyl halides is 3. The molecule has 1 N–H and O–H groups in total. The molecule has 0 saturated heterocycles. The quantitative estimate of drug-likeness (QED) is 0.373. The van der Waals surface area contributed by atoms with E-state index in [4.69, 9.17) is 0 Å². The molecule has 1 unspecified atom stereocenters. The lowest BCUT2D eigenvalue weighted by Crippen LogP contribution is -2.11. The highest BCUT2D eigenvalue weighted by Gasteiger charge is 2.39. The molecule has 5 heteroatoms. The van der Waals surface area contributed by atoms with Gasteiger partial charge in [-0.2, -0.15) is 13.2 Å². The van der Waals surface area contributed by atoms with Gasteiger partial charge in [0.15, 0.2) is 0 Å². The van der Waals surface area contributed by atoms with Crippen molar-refractivity contribution in [3.63, 3.8) is 0 Å². The van der Waals surface area contributed by atoms with Gasteiger partial charge in [-0.3, -0.25) is 0 Å². The first-order valence-corrected chi connectivity index (χ1v) is 9.36. The Morgan fingerprint density at radius 2 is 1.33 bits per heavy atom. The standard InChI is InChI=1S/C22H16F3NS/c23-22(24,25)21-19(17-13-7-8-14-18(17)26-21)20(15-9-3-1-4-10-15)27-16-11-5-2-6-12-16/h1-14,20,26H. The SMILES string of the molecule is FC(F)(F)c1[nH]c2ccccc2c1C(Sc1ccccc1)c1ccccc1. The molecule has 4 aromatic rings. The third-order valence-electron chi connectivity index (χ3n) is 4.39. The molecule has 136 valence electrons. The molecule has 0 radical (unpaired) electrons. The molecule has 1 heterocycles. The molecular formula is C22H16F3NS. The van der Waals surface area contributed by atoms with E-state index in [1.807, 2.05) is 60.7 Å². The minimum atomic E-state index is -4.46. The zero-order valence-electron chi connectivity index (χ0n) is 14.2. The number of halogens is 3. The highest BCUT2D eigenvalue weighted by Crippen LogP contribution is 2.48. The van der Waals surface area contributed by atoms with Crippen LogP contribution in [-0.4, -0.2) is 4.98 Å². The lowest BCUT2D eigenvalue weighted by molar-refractivity contribution is -0.141. The van der Waals surface area contributed by atoms with E-state index in [0.717, 1.165) is 10.5 Å². The Kier molecular flexibility index (Phi) is 4.70. The number of H-pyrrole nitrogens is 1. The highest BCUT2D eigenvalue weighted by atomic mass is 32.2. The fourth-order valence-electron chi connectivity index (χ4n) is 3.22. The number of aromatic nitrogens is 1. The van der Waals surface area contributed by atoms with Crippen LogP contribution in [0.3, 0.4) is 0 Å². The predicted molar refractivity (Wildman–Crippen MR) is 104 cm³/mol. The van der Waals surface area contributed by atoms with E-state index in [1.54, 1.807) is 24.3 Å². The summed E-state index contributed by atoms with van der Waals surface area (Å²) in [7, 11) is 0. The van der Waals surface area contributed by atoms with E-state index >= 15 is 0 Å². The van der Waals surface area contributed by atoms with Crippen molar-refractivity contribution in [3.05, 3.63) is 102 Å². The number of nitrogens with one attached hydrogen (secondary N) is 1. The smallest absolute Gasteiger partial charge is 0.351 e. The van der Waals surface area contributed by atoms with Gasteiger partial charge in [0.25, 0.3) is 0 Å². The van der Waals surface area contributed by atoms with Crippen molar-refractivity contribution in [1.29, 1.82) is 0 Å². The Labute approximate surface area is 159 Å². The van der Waals surface area contributed by atoms with E-state index < -0.39 is 17.1 Å². The molecule has 1 nitrogen and oxygen atoms in total. The van der Waals surface area contributed by atoms with E-state index in [-0.39, 0.29) is 5.56 Å². The number of fused-ring (bicyclic) bond motifs is 1.